The number of rotatable bonds is 6. The first-order valence-corrected chi connectivity index (χ1v) is 8.58. The van der Waals surface area contributed by atoms with E-state index >= 15 is 0 Å². The average molecular weight is 448 g/mol. The van der Waals surface area contributed by atoms with Gasteiger partial charge in [0, 0.05) is 26.7 Å². The summed E-state index contributed by atoms with van der Waals surface area (Å²) in [6.07, 6.45) is 3.80. The van der Waals surface area contributed by atoms with Gasteiger partial charge in [0.15, 0.2) is 5.96 Å². The quantitative estimate of drug-likeness (QED) is 0.304. The summed E-state index contributed by atoms with van der Waals surface area (Å²) in [5.41, 5.74) is 0.912. The molecule has 2 rings (SSSR count). The van der Waals surface area contributed by atoms with Gasteiger partial charge in [-0.3, -0.25) is 4.99 Å². The molecule has 1 unspecified atom stereocenters. The van der Waals surface area contributed by atoms with Crippen LogP contribution in [0.5, 0.6) is 0 Å². The highest BCUT2D eigenvalue weighted by Gasteiger charge is 2.15. The van der Waals surface area contributed by atoms with Crippen LogP contribution in [0.25, 0.3) is 0 Å². The van der Waals surface area contributed by atoms with Gasteiger partial charge in [-0.15, -0.1) is 24.0 Å². The number of guanidine groups is 1. The smallest absolute Gasteiger partial charge is 0.191 e. The molecular weight excluding hydrogens is 418 g/mol. The van der Waals surface area contributed by atoms with Gasteiger partial charge in [-0.05, 0) is 56.0 Å². The predicted molar refractivity (Wildman–Crippen MR) is 109 cm³/mol. The van der Waals surface area contributed by atoms with Gasteiger partial charge < -0.3 is 15.5 Å². The molecule has 1 atom stereocenters. The van der Waals surface area contributed by atoms with Gasteiger partial charge in [-0.1, -0.05) is 19.1 Å². The minimum atomic E-state index is -0.206. The summed E-state index contributed by atoms with van der Waals surface area (Å²) in [4.78, 5) is 6.76. The largest absolute Gasteiger partial charge is 0.356 e. The number of nitrogens with zero attached hydrogens (tertiary/aromatic N) is 2. The SMILES string of the molecule is CN=C(NCCCN1CCCC(C)C1)NCc1cccc(F)c1.I. The van der Waals surface area contributed by atoms with Crippen LogP contribution in [0.1, 0.15) is 31.7 Å². The van der Waals surface area contributed by atoms with Crippen molar-refractivity contribution in [3.05, 3.63) is 35.6 Å². The van der Waals surface area contributed by atoms with Crippen LogP contribution in [0.15, 0.2) is 29.3 Å². The molecule has 1 saturated heterocycles. The number of aliphatic imine (C=N–C) groups is 1. The van der Waals surface area contributed by atoms with Crippen molar-refractivity contribution in [1.29, 1.82) is 0 Å². The van der Waals surface area contributed by atoms with E-state index in [0.29, 0.717) is 6.54 Å². The molecule has 1 aromatic rings. The summed E-state index contributed by atoms with van der Waals surface area (Å²) in [6.45, 7) is 7.40. The zero-order valence-electron chi connectivity index (χ0n) is 14.7. The molecule has 1 aromatic carbocycles. The first kappa shape index (κ1) is 21.2. The maximum Gasteiger partial charge on any atom is 0.191 e. The molecule has 6 heteroatoms. The Bertz CT molecular complexity index is 510. The Morgan fingerprint density at radius 1 is 1.38 bits per heavy atom. The van der Waals surface area contributed by atoms with Crippen molar-refractivity contribution in [2.75, 3.05) is 33.2 Å². The zero-order chi connectivity index (χ0) is 16.5. The van der Waals surface area contributed by atoms with E-state index in [2.05, 4.69) is 27.4 Å². The Hall–Kier alpha value is -0.890. The van der Waals surface area contributed by atoms with Crippen LogP contribution in [-0.4, -0.2) is 44.1 Å². The zero-order valence-corrected chi connectivity index (χ0v) is 17.1. The van der Waals surface area contributed by atoms with E-state index in [1.807, 2.05) is 6.07 Å². The summed E-state index contributed by atoms with van der Waals surface area (Å²) < 4.78 is 13.1. The number of piperidine rings is 1. The minimum absolute atomic E-state index is 0. The highest BCUT2D eigenvalue weighted by atomic mass is 127. The normalized spacial score (nSPS) is 18.8. The van der Waals surface area contributed by atoms with Gasteiger partial charge >= 0.3 is 0 Å². The molecule has 0 radical (unpaired) electrons. The molecule has 2 N–H and O–H groups in total. The lowest BCUT2D eigenvalue weighted by Crippen LogP contribution is -2.39. The lowest BCUT2D eigenvalue weighted by atomic mass is 10.0. The molecule has 1 aliphatic rings. The average Bonchev–Trinajstić information content (AvgIpc) is 2.54. The first-order valence-electron chi connectivity index (χ1n) is 8.58. The molecule has 0 amide bonds. The van der Waals surface area contributed by atoms with Crippen LogP contribution in [0.4, 0.5) is 4.39 Å². The maximum atomic E-state index is 13.1. The van der Waals surface area contributed by atoms with Crippen LogP contribution in [0.2, 0.25) is 0 Å². The van der Waals surface area contributed by atoms with E-state index in [-0.39, 0.29) is 29.8 Å². The number of halogens is 2. The molecule has 0 saturated carbocycles. The fourth-order valence-corrected chi connectivity index (χ4v) is 3.05. The van der Waals surface area contributed by atoms with Crippen molar-refractivity contribution < 1.29 is 4.39 Å². The molecule has 136 valence electrons. The lowest BCUT2D eigenvalue weighted by Gasteiger charge is -2.30. The van der Waals surface area contributed by atoms with Crippen molar-refractivity contribution in [2.24, 2.45) is 10.9 Å². The molecule has 0 aromatic heterocycles. The van der Waals surface area contributed by atoms with Gasteiger partial charge in [-0.2, -0.15) is 0 Å². The van der Waals surface area contributed by atoms with Crippen molar-refractivity contribution in [1.82, 2.24) is 15.5 Å². The van der Waals surface area contributed by atoms with Crippen molar-refractivity contribution in [2.45, 2.75) is 32.7 Å². The Morgan fingerprint density at radius 3 is 2.92 bits per heavy atom. The number of benzene rings is 1. The van der Waals surface area contributed by atoms with Crippen molar-refractivity contribution in [3.63, 3.8) is 0 Å². The molecular formula is C18H30FIN4. The van der Waals surface area contributed by atoms with Crippen LogP contribution < -0.4 is 10.6 Å². The molecule has 0 bridgehead atoms. The number of hydrogen-bond donors (Lipinski definition) is 2. The second kappa shape index (κ2) is 11.6. The van der Waals surface area contributed by atoms with Crippen molar-refractivity contribution >= 4 is 29.9 Å². The third kappa shape index (κ3) is 7.79. The molecule has 24 heavy (non-hydrogen) atoms. The van der Waals surface area contributed by atoms with Crippen LogP contribution in [0.3, 0.4) is 0 Å². The molecule has 4 nitrogen and oxygen atoms in total. The third-order valence-electron chi connectivity index (χ3n) is 4.26. The predicted octanol–water partition coefficient (Wildman–Crippen LogP) is 3.23. The van der Waals surface area contributed by atoms with E-state index in [4.69, 9.17) is 0 Å². The fourth-order valence-electron chi connectivity index (χ4n) is 3.05. The van der Waals surface area contributed by atoms with E-state index in [1.54, 1.807) is 13.1 Å². The highest BCUT2D eigenvalue weighted by Crippen LogP contribution is 2.15. The summed E-state index contributed by atoms with van der Waals surface area (Å²) in [7, 11) is 1.76. The Kier molecular flexibility index (Phi) is 10.2. The van der Waals surface area contributed by atoms with Crippen LogP contribution in [-0.2, 0) is 6.54 Å². The summed E-state index contributed by atoms with van der Waals surface area (Å²) in [5, 5.41) is 6.54. The Balaban J connectivity index is 0.00000288. The first-order chi connectivity index (χ1) is 11.2. The molecule has 0 spiro atoms. The van der Waals surface area contributed by atoms with E-state index < -0.39 is 0 Å². The lowest BCUT2D eigenvalue weighted by molar-refractivity contribution is 0.182. The van der Waals surface area contributed by atoms with E-state index in [9.17, 15) is 4.39 Å². The Labute approximate surface area is 162 Å². The van der Waals surface area contributed by atoms with Gasteiger partial charge in [-0.25, -0.2) is 4.39 Å². The topological polar surface area (TPSA) is 39.7 Å². The van der Waals surface area contributed by atoms with Gasteiger partial charge in [0.25, 0.3) is 0 Å². The molecule has 1 aliphatic heterocycles. The minimum Gasteiger partial charge on any atom is -0.356 e. The second-order valence-electron chi connectivity index (χ2n) is 6.38. The molecule has 1 fully saturated rings. The van der Waals surface area contributed by atoms with Gasteiger partial charge in [0.2, 0.25) is 0 Å². The number of likely N-dealkylation sites (tertiary alicyclic amines) is 1. The van der Waals surface area contributed by atoms with Crippen LogP contribution in [0, 0.1) is 11.7 Å². The van der Waals surface area contributed by atoms with E-state index in [1.165, 1.54) is 38.1 Å². The molecule has 0 aliphatic carbocycles. The maximum absolute atomic E-state index is 13.1. The fraction of sp³-hybridized carbons (Fsp3) is 0.611. The van der Waals surface area contributed by atoms with E-state index in [0.717, 1.165) is 37.0 Å². The van der Waals surface area contributed by atoms with Gasteiger partial charge in [0.1, 0.15) is 5.82 Å². The third-order valence-corrected chi connectivity index (χ3v) is 4.26. The summed E-state index contributed by atoms with van der Waals surface area (Å²) >= 11 is 0. The standard InChI is InChI=1S/C18H29FN4.HI/c1-15-6-4-10-23(14-15)11-5-9-21-18(20-2)22-13-16-7-3-8-17(19)12-16;/h3,7-8,12,15H,4-6,9-11,13-14H2,1-2H3,(H2,20,21,22);1H. The second-order valence-corrected chi connectivity index (χ2v) is 6.38. The number of nitrogens with one attached hydrogen (secondary N) is 2. The highest BCUT2D eigenvalue weighted by molar-refractivity contribution is 14.0. The summed E-state index contributed by atoms with van der Waals surface area (Å²) in [5.74, 6) is 1.39. The monoisotopic (exact) mass is 448 g/mol. The van der Waals surface area contributed by atoms with Crippen LogP contribution >= 0.6 is 24.0 Å². The van der Waals surface area contributed by atoms with Gasteiger partial charge in [0.05, 0.1) is 0 Å². The summed E-state index contributed by atoms with van der Waals surface area (Å²) in [6, 6.07) is 6.62. The number of hydrogen-bond acceptors (Lipinski definition) is 2. The Morgan fingerprint density at radius 2 is 2.21 bits per heavy atom. The molecule has 1 heterocycles. The van der Waals surface area contributed by atoms with Crippen molar-refractivity contribution in [3.8, 4) is 0 Å².